The van der Waals surface area contributed by atoms with Crippen molar-refractivity contribution in [2.24, 2.45) is 0 Å². The van der Waals surface area contributed by atoms with Crippen molar-refractivity contribution in [1.29, 1.82) is 0 Å². The van der Waals surface area contributed by atoms with Gasteiger partial charge in [-0.25, -0.2) is 4.79 Å². The predicted octanol–water partition coefficient (Wildman–Crippen LogP) is 3.87. The number of nitrogen functional groups attached to an aromatic ring is 1. The standard InChI is InChI=1S/C16H17NO.C7H7NO2/c1-17(2)16(18)15(13-9-5-3-6-10-13)14-11-7-4-8-12-14;8-6-4-2-1-3-5(6)7(9)10/h3-12,15H,1-2H3;1-4H,8H2,(H,9,10). The van der Waals surface area contributed by atoms with Gasteiger partial charge in [-0.15, -0.1) is 0 Å². The predicted molar refractivity (Wildman–Crippen MR) is 111 cm³/mol. The van der Waals surface area contributed by atoms with Gasteiger partial charge in [0, 0.05) is 19.8 Å². The largest absolute Gasteiger partial charge is 0.478 e. The molecular weight excluding hydrogens is 352 g/mol. The van der Waals surface area contributed by atoms with E-state index in [1.54, 1.807) is 37.2 Å². The third-order valence-corrected chi connectivity index (χ3v) is 4.14. The van der Waals surface area contributed by atoms with Crippen LogP contribution >= 0.6 is 0 Å². The second-order valence-electron chi connectivity index (χ2n) is 6.38. The minimum Gasteiger partial charge on any atom is -0.478 e. The normalized spacial score (nSPS) is 9.96. The van der Waals surface area contributed by atoms with Crippen molar-refractivity contribution in [3.8, 4) is 0 Å². The fourth-order valence-electron chi connectivity index (χ4n) is 2.72. The number of hydrogen-bond donors (Lipinski definition) is 2. The maximum absolute atomic E-state index is 12.4. The molecule has 3 N–H and O–H groups in total. The number of rotatable bonds is 4. The first-order valence-electron chi connectivity index (χ1n) is 8.80. The van der Waals surface area contributed by atoms with Crippen LogP contribution in [-0.2, 0) is 4.79 Å². The number of para-hydroxylation sites is 1. The van der Waals surface area contributed by atoms with Gasteiger partial charge in [0.1, 0.15) is 0 Å². The third-order valence-electron chi connectivity index (χ3n) is 4.14. The molecule has 0 bridgehead atoms. The highest BCUT2D eigenvalue weighted by Crippen LogP contribution is 2.25. The van der Waals surface area contributed by atoms with E-state index in [1.165, 1.54) is 6.07 Å². The first-order chi connectivity index (χ1) is 13.4. The first-order valence-corrected chi connectivity index (χ1v) is 8.80. The molecule has 0 aliphatic heterocycles. The van der Waals surface area contributed by atoms with Gasteiger partial charge < -0.3 is 15.7 Å². The van der Waals surface area contributed by atoms with Crippen molar-refractivity contribution in [3.05, 3.63) is 102 Å². The number of carbonyl (C=O) groups is 2. The summed E-state index contributed by atoms with van der Waals surface area (Å²) < 4.78 is 0. The topological polar surface area (TPSA) is 83.6 Å². The summed E-state index contributed by atoms with van der Waals surface area (Å²) in [4.78, 5) is 24.4. The summed E-state index contributed by atoms with van der Waals surface area (Å²) >= 11 is 0. The highest BCUT2D eigenvalue weighted by Gasteiger charge is 2.23. The number of aromatic carboxylic acids is 1. The van der Waals surface area contributed by atoms with E-state index in [9.17, 15) is 9.59 Å². The number of carbonyl (C=O) groups excluding carboxylic acids is 1. The van der Waals surface area contributed by atoms with Gasteiger partial charge in [0.05, 0.1) is 11.5 Å². The van der Waals surface area contributed by atoms with E-state index in [0.717, 1.165) is 11.1 Å². The fourth-order valence-corrected chi connectivity index (χ4v) is 2.72. The SMILES string of the molecule is CN(C)C(=O)C(c1ccccc1)c1ccccc1.Nc1ccccc1C(=O)O. The number of carboxylic acid groups (broad SMARTS) is 1. The van der Waals surface area contributed by atoms with Gasteiger partial charge in [0.15, 0.2) is 0 Å². The van der Waals surface area contributed by atoms with Crippen molar-refractivity contribution < 1.29 is 14.7 Å². The number of amides is 1. The Hall–Kier alpha value is -3.60. The smallest absolute Gasteiger partial charge is 0.337 e. The lowest BCUT2D eigenvalue weighted by Gasteiger charge is -2.21. The van der Waals surface area contributed by atoms with Crippen LogP contribution in [-0.4, -0.2) is 36.0 Å². The summed E-state index contributed by atoms with van der Waals surface area (Å²) in [6.45, 7) is 0. The van der Waals surface area contributed by atoms with Gasteiger partial charge in [-0.3, -0.25) is 4.79 Å². The Kier molecular flexibility index (Phi) is 7.34. The molecule has 0 saturated carbocycles. The van der Waals surface area contributed by atoms with Gasteiger partial charge in [-0.2, -0.15) is 0 Å². The molecule has 3 rings (SSSR count). The maximum atomic E-state index is 12.4. The Labute approximate surface area is 165 Å². The van der Waals surface area contributed by atoms with Gasteiger partial charge in [0.2, 0.25) is 5.91 Å². The molecule has 0 atom stereocenters. The van der Waals surface area contributed by atoms with Crippen LogP contribution in [0.15, 0.2) is 84.9 Å². The van der Waals surface area contributed by atoms with Crippen LogP contribution in [0.1, 0.15) is 27.4 Å². The molecule has 3 aromatic carbocycles. The Bertz CT molecular complexity index is 870. The van der Waals surface area contributed by atoms with Crippen LogP contribution < -0.4 is 5.73 Å². The number of hydrogen-bond acceptors (Lipinski definition) is 3. The van der Waals surface area contributed by atoms with Crippen LogP contribution in [0.25, 0.3) is 0 Å². The van der Waals surface area contributed by atoms with E-state index in [4.69, 9.17) is 10.8 Å². The van der Waals surface area contributed by atoms with Gasteiger partial charge in [-0.05, 0) is 23.3 Å². The van der Waals surface area contributed by atoms with Gasteiger partial charge >= 0.3 is 5.97 Å². The Morgan fingerprint density at radius 1 is 0.786 bits per heavy atom. The molecule has 0 fully saturated rings. The molecule has 1 amide bonds. The zero-order valence-electron chi connectivity index (χ0n) is 15.9. The van der Waals surface area contributed by atoms with Crippen molar-refractivity contribution in [1.82, 2.24) is 4.90 Å². The molecule has 0 aliphatic carbocycles. The molecule has 0 unspecified atom stereocenters. The van der Waals surface area contributed by atoms with Crippen molar-refractivity contribution in [2.45, 2.75) is 5.92 Å². The highest BCUT2D eigenvalue weighted by molar-refractivity contribution is 5.93. The zero-order chi connectivity index (χ0) is 20.5. The van der Waals surface area contributed by atoms with E-state index >= 15 is 0 Å². The van der Waals surface area contributed by atoms with Crippen molar-refractivity contribution in [3.63, 3.8) is 0 Å². The second-order valence-corrected chi connectivity index (χ2v) is 6.38. The molecule has 3 aromatic rings. The quantitative estimate of drug-likeness (QED) is 0.677. The third kappa shape index (κ3) is 5.45. The van der Waals surface area contributed by atoms with E-state index in [-0.39, 0.29) is 17.4 Å². The first kappa shape index (κ1) is 20.7. The Morgan fingerprint density at radius 3 is 1.57 bits per heavy atom. The summed E-state index contributed by atoms with van der Waals surface area (Å²) in [5.74, 6) is -1.10. The summed E-state index contributed by atoms with van der Waals surface area (Å²) in [6.07, 6.45) is 0. The van der Waals surface area contributed by atoms with Gasteiger partial charge in [-0.1, -0.05) is 72.8 Å². The van der Waals surface area contributed by atoms with Crippen molar-refractivity contribution >= 4 is 17.6 Å². The van der Waals surface area contributed by atoms with E-state index in [0.29, 0.717) is 5.69 Å². The minimum atomic E-state index is -0.988. The molecule has 0 radical (unpaired) electrons. The number of nitrogens with zero attached hydrogens (tertiary/aromatic N) is 1. The van der Waals surface area contributed by atoms with Crippen LogP contribution in [0, 0.1) is 0 Å². The average molecular weight is 376 g/mol. The lowest BCUT2D eigenvalue weighted by molar-refractivity contribution is -0.129. The average Bonchev–Trinajstić information content (AvgIpc) is 2.70. The second kappa shape index (κ2) is 9.92. The molecule has 0 saturated heterocycles. The molecule has 5 nitrogen and oxygen atoms in total. The highest BCUT2D eigenvalue weighted by atomic mass is 16.4. The van der Waals surface area contributed by atoms with E-state index < -0.39 is 5.97 Å². The van der Waals surface area contributed by atoms with Crippen LogP contribution in [0.4, 0.5) is 5.69 Å². The number of carboxylic acids is 1. The summed E-state index contributed by atoms with van der Waals surface area (Å²) in [6, 6.07) is 26.2. The molecule has 0 heterocycles. The molecule has 28 heavy (non-hydrogen) atoms. The molecular formula is C23H24N2O3. The Balaban J connectivity index is 0.000000237. The lowest BCUT2D eigenvalue weighted by atomic mass is 9.90. The van der Waals surface area contributed by atoms with Crippen LogP contribution in [0.5, 0.6) is 0 Å². The van der Waals surface area contributed by atoms with Crippen molar-refractivity contribution in [2.75, 3.05) is 19.8 Å². The van der Waals surface area contributed by atoms with Gasteiger partial charge in [0.25, 0.3) is 0 Å². The van der Waals surface area contributed by atoms with E-state index in [1.807, 2.05) is 60.7 Å². The minimum absolute atomic E-state index is 0.104. The van der Waals surface area contributed by atoms with Crippen LogP contribution in [0.3, 0.4) is 0 Å². The number of nitrogens with two attached hydrogens (primary N) is 1. The lowest BCUT2D eigenvalue weighted by Crippen LogP contribution is -2.28. The van der Waals surface area contributed by atoms with Crippen LogP contribution in [0.2, 0.25) is 0 Å². The Morgan fingerprint density at radius 2 is 1.21 bits per heavy atom. The molecule has 0 spiro atoms. The zero-order valence-corrected chi connectivity index (χ0v) is 15.9. The molecule has 5 heteroatoms. The summed E-state index contributed by atoms with van der Waals surface area (Å²) in [7, 11) is 3.59. The summed E-state index contributed by atoms with van der Waals surface area (Å²) in [5.41, 5.74) is 7.86. The molecule has 0 aliphatic rings. The monoisotopic (exact) mass is 376 g/mol. The van der Waals surface area contributed by atoms with E-state index in [2.05, 4.69) is 0 Å². The maximum Gasteiger partial charge on any atom is 0.337 e. The fraction of sp³-hybridized carbons (Fsp3) is 0.130. The number of likely N-dealkylation sites (N-methyl/N-ethyl adjacent to an activating group) is 1. The number of anilines is 1. The number of benzene rings is 3. The molecule has 0 aromatic heterocycles. The molecule has 144 valence electrons. The summed E-state index contributed by atoms with van der Waals surface area (Å²) in [5, 5.41) is 8.49.